The minimum absolute atomic E-state index is 0.00634. The van der Waals surface area contributed by atoms with Crippen LogP contribution in [0.2, 0.25) is 0 Å². The standard InChI is InChI=1S/C20H23NO7/c1-26-18(24)11-16(13-2-4-14(22)5-3-13)20-19(25)17(23)10-15(28-20)12-21-6-8-27-9-7-21/h2-5,10,16,22,25H,6-9,11-12H2,1H3. The van der Waals surface area contributed by atoms with Crippen LogP contribution in [0.4, 0.5) is 0 Å². The van der Waals surface area contributed by atoms with Crippen LogP contribution in [0.15, 0.2) is 39.5 Å². The molecule has 1 unspecified atom stereocenters. The quantitative estimate of drug-likeness (QED) is 0.717. The van der Waals surface area contributed by atoms with Crippen LogP contribution in [0.5, 0.6) is 11.5 Å². The number of esters is 1. The van der Waals surface area contributed by atoms with Crippen molar-refractivity contribution in [2.75, 3.05) is 33.4 Å². The molecule has 1 aliphatic heterocycles. The van der Waals surface area contributed by atoms with Crippen LogP contribution in [-0.4, -0.2) is 54.5 Å². The molecule has 0 radical (unpaired) electrons. The largest absolute Gasteiger partial charge is 0.508 e. The van der Waals surface area contributed by atoms with Gasteiger partial charge >= 0.3 is 5.97 Å². The van der Waals surface area contributed by atoms with Gasteiger partial charge in [0.05, 0.1) is 39.2 Å². The maximum absolute atomic E-state index is 12.3. The summed E-state index contributed by atoms with van der Waals surface area (Å²) in [6.45, 7) is 3.03. The van der Waals surface area contributed by atoms with Crippen LogP contribution in [0.25, 0.3) is 0 Å². The number of benzene rings is 1. The van der Waals surface area contributed by atoms with E-state index in [9.17, 15) is 19.8 Å². The van der Waals surface area contributed by atoms with Crippen molar-refractivity contribution in [3.8, 4) is 11.5 Å². The number of ether oxygens (including phenoxy) is 2. The van der Waals surface area contributed by atoms with Gasteiger partial charge in [-0.2, -0.15) is 0 Å². The normalized spacial score (nSPS) is 15.9. The lowest BCUT2D eigenvalue weighted by Crippen LogP contribution is -2.35. The maximum Gasteiger partial charge on any atom is 0.306 e. The predicted molar refractivity (Wildman–Crippen MR) is 99.3 cm³/mol. The molecule has 2 heterocycles. The van der Waals surface area contributed by atoms with Gasteiger partial charge in [0.2, 0.25) is 11.2 Å². The Bertz CT molecular complexity index is 869. The molecule has 28 heavy (non-hydrogen) atoms. The second kappa shape index (κ2) is 8.90. The summed E-state index contributed by atoms with van der Waals surface area (Å²) >= 11 is 0. The van der Waals surface area contributed by atoms with Crippen molar-refractivity contribution in [3.63, 3.8) is 0 Å². The third-order valence-corrected chi connectivity index (χ3v) is 4.69. The minimum Gasteiger partial charge on any atom is -0.508 e. The Labute approximate surface area is 161 Å². The van der Waals surface area contributed by atoms with E-state index in [-0.39, 0.29) is 17.9 Å². The van der Waals surface area contributed by atoms with E-state index in [1.54, 1.807) is 12.1 Å². The number of nitrogens with zero attached hydrogens (tertiary/aromatic N) is 1. The van der Waals surface area contributed by atoms with Gasteiger partial charge in [-0.3, -0.25) is 14.5 Å². The molecular formula is C20H23NO7. The topological polar surface area (TPSA) is 109 Å². The molecule has 1 saturated heterocycles. The third kappa shape index (κ3) is 4.71. The van der Waals surface area contributed by atoms with E-state index in [0.29, 0.717) is 44.2 Å². The molecule has 1 aromatic carbocycles. The zero-order valence-corrected chi connectivity index (χ0v) is 15.6. The Hall–Kier alpha value is -2.84. The maximum atomic E-state index is 12.3. The van der Waals surface area contributed by atoms with Crippen molar-refractivity contribution in [2.24, 2.45) is 0 Å². The first kappa shape index (κ1) is 19.9. The van der Waals surface area contributed by atoms with Crippen LogP contribution < -0.4 is 5.43 Å². The number of rotatable bonds is 6. The summed E-state index contributed by atoms with van der Waals surface area (Å²) in [4.78, 5) is 26.4. The van der Waals surface area contributed by atoms with E-state index in [1.807, 2.05) is 0 Å². The fourth-order valence-electron chi connectivity index (χ4n) is 3.17. The Kier molecular flexibility index (Phi) is 6.33. The molecule has 0 spiro atoms. The first-order chi connectivity index (χ1) is 13.5. The van der Waals surface area contributed by atoms with Gasteiger partial charge in [0.25, 0.3) is 0 Å². The van der Waals surface area contributed by atoms with Crippen LogP contribution >= 0.6 is 0 Å². The predicted octanol–water partition coefficient (Wildman–Crippen LogP) is 1.58. The molecular weight excluding hydrogens is 366 g/mol. The van der Waals surface area contributed by atoms with Crippen LogP contribution in [0, 0.1) is 0 Å². The van der Waals surface area contributed by atoms with E-state index in [0.717, 1.165) is 0 Å². The molecule has 1 aliphatic rings. The highest BCUT2D eigenvalue weighted by Crippen LogP contribution is 2.34. The number of aromatic hydroxyl groups is 2. The molecule has 0 aliphatic carbocycles. The lowest BCUT2D eigenvalue weighted by molar-refractivity contribution is -0.140. The summed E-state index contributed by atoms with van der Waals surface area (Å²) < 4.78 is 16.0. The van der Waals surface area contributed by atoms with E-state index >= 15 is 0 Å². The van der Waals surface area contributed by atoms with Crippen molar-refractivity contribution in [1.29, 1.82) is 0 Å². The molecule has 0 amide bonds. The van der Waals surface area contributed by atoms with Gasteiger partial charge in [-0.05, 0) is 17.7 Å². The Morgan fingerprint density at radius 3 is 2.54 bits per heavy atom. The summed E-state index contributed by atoms with van der Waals surface area (Å²) in [5, 5.41) is 19.9. The molecule has 3 rings (SSSR count). The van der Waals surface area contributed by atoms with Gasteiger partial charge in [-0.1, -0.05) is 12.1 Å². The molecule has 8 nitrogen and oxygen atoms in total. The second-order valence-electron chi connectivity index (χ2n) is 6.60. The summed E-state index contributed by atoms with van der Waals surface area (Å²) in [6, 6.07) is 7.41. The second-order valence-corrected chi connectivity index (χ2v) is 6.60. The fourth-order valence-corrected chi connectivity index (χ4v) is 3.17. The van der Waals surface area contributed by atoms with Gasteiger partial charge in [0.1, 0.15) is 11.5 Å². The Morgan fingerprint density at radius 2 is 1.89 bits per heavy atom. The summed E-state index contributed by atoms with van der Waals surface area (Å²) in [7, 11) is 1.26. The monoisotopic (exact) mass is 389 g/mol. The van der Waals surface area contributed by atoms with Crippen molar-refractivity contribution in [3.05, 3.63) is 57.6 Å². The number of morpholine rings is 1. The molecule has 8 heteroatoms. The van der Waals surface area contributed by atoms with Crippen molar-refractivity contribution in [1.82, 2.24) is 4.90 Å². The minimum atomic E-state index is -0.731. The lowest BCUT2D eigenvalue weighted by atomic mass is 9.92. The molecule has 1 fully saturated rings. The van der Waals surface area contributed by atoms with Gasteiger partial charge in [0.15, 0.2) is 5.76 Å². The van der Waals surface area contributed by atoms with Crippen molar-refractivity contribution < 1.29 is 28.9 Å². The fraction of sp³-hybridized carbons (Fsp3) is 0.400. The average molecular weight is 389 g/mol. The molecule has 150 valence electrons. The first-order valence-corrected chi connectivity index (χ1v) is 8.99. The SMILES string of the molecule is COC(=O)CC(c1ccc(O)cc1)c1oc(CN2CCOCC2)cc(=O)c1O. The third-order valence-electron chi connectivity index (χ3n) is 4.69. The number of phenols is 1. The lowest BCUT2D eigenvalue weighted by Gasteiger charge is -2.26. The smallest absolute Gasteiger partial charge is 0.306 e. The van der Waals surface area contributed by atoms with Gasteiger partial charge < -0.3 is 24.1 Å². The number of phenolic OH excluding ortho intramolecular Hbond substituents is 1. The number of hydrogen-bond acceptors (Lipinski definition) is 8. The Morgan fingerprint density at radius 1 is 1.21 bits per heavy atom. The van der Waals surface area contributed by atoms with Crippen molar-refractivity contribution >= 4 is 5.97 Å². The first-order valence-electron chi connectivity index (χ1n) is 8.99. The van der Waals surface area contributed by atoms with E-state index < -0.39 is 23.1 Å². The molecule has 2 N–H and O–H groups in total. The van der Waals surface area contributed by atoms with E-state index in [4.69, 9.17) is 13.9 Å². The number of hydrogen-bond donors (Lipinski definition) is 2. The number of methoxy groups -OCH3 is 1. The highest BCUT2D eigenvalue weighted by molar-refractivity contribution is 5.71. The van der Waals surface area contributed by atoms with Gasteiger partial charge in [-0.15, -0.1) is 0 Å². The molecule has 2 aromatic rings. The molecule has 1 atom stereocenters. The molecule has 1 aromatic heterocycles. The van der Waals surface area contributed by atoms with Crippen LogP contribution in [0.1, 0.15) is 29.4 Å². The highest BCUT2D eigenvalue weighted by Gasteiger charge is 2.27. The number of carbonyl (C=O) groups excluding carboxylic acids is 1. The summed E-state index contributed by atoms with van der Waals surface area (Å²) in [5.74, 6) is -1.32. The van der Waals surface area contributed by atoms with Gasteiger partial charge in [0, 0.05) is 19.2 Å². The van der Waals surface area contributed by atoms with Crippen LogP contribution in [-0.2, 0) is 20.8 Å². The van der Waals surface area contributed by atoms with Crippen LogP contribution in [0.3, 0.4) is 0 Å². The van der Waals surface area contributed by atoms with E-state index in [2.05, 4.69) is 4.90 Å². The molecule has 0 bridgehead atoms. The van der Waals surface area contributed by atoms with Crippen molar-refractivity contribution in [2.45, 2.75) is 18.9 Å². The highest BCUT2D eigenvalue weighted by atomic mass is 16.5. The zero-order chi connectivity index (χ0) is 20.1. The number of carbonyl (C=O) groups is 1. The molecule has 0 saturated carbocycles. The Balaban J connectivity index is 1.98. The summed E-state index contributed by atoms with van der Waals surface area (Å²) in [6.07, 6.45) is -0.126. The summed E-state index contributed by atoms with van der Waals surface area (Å²) in [5.41, 5.74) is 0.0309. The average Bonchev–Trinajstić information content (AvgIpc) is 2.70. The zero-order valence-electron chi connectivity index (χ0n) is 15.6. The van der Waals surface area contributed by atoms with E-state index in [1.165, 1.54) is 25.3 Å². The van der Waals surface area contributed by atoms with Gasteiger partial charge in [-0.25, -0.2) is 0 Å².